The summed E-state index contributed by atoms with van der Waals surface area (Å²) in [5.74, 6) is -1.78. The van der Waals surface area contributed by atoms with Crippen LogP contribution in [0.25, 0.3) is 19.5 Å². The zero-order valence-electron chi connectivity index (χ0n) is 11.9. The SMILES string of the molecule is O=C(c1cc2sc3ccccc3c2s1)N1CCC(F)(C(=O)O)C1. The number of carbonyl (C=O) groups excluding carboxylic acids is 1. The van der Waals surface area contributed by atoms with Gasteiger partial charge in [0.15, 0.2) is 0 Å². The summed E-state index contributed by atoms with van der Waals surface area (Å²) in [7, 11) is 0. The maximum absolute atomic E-state index is 14.1. The van der Waals surface area contributed by atoms with Crippen molar-refractivity contribution in [2.45, 2.75) is 12.1 Å². The number of fused-ring (bicyclic) bond motifs is 3. The van der Waals surface area contributed by atoms with E-state index in [-0.39, 0.29) is 25.4 Å². The molecule has 7 heteroatoms. The fourth-order valence-corrected chi connectivity index (χ4v) is 5.37. The lowest BCUT2D eigenvalue weighted by Crippen LogP contribution is -2.38. The number of carbonyl (C=O) groups is 2. The molecular formula is C16H12FNO3S2. The van der Waals surface area contributed by atoms with Gasteiger partial charge in [-0.25, -0.2) is 9.18 Å². The number of carboxylic acids is 1. The second-order valence-electron chi connectivity index (χ2n) is 5.65. The first-order chi connectivity index (χ1) is 11.0. The molecule has 1 saturated heterocycles. The van der Waals surface area contributed by atoms with E-state index in [0.717, 1.165) is 14.8 Å². The lowest BCUT2D eigenvalue weighted by molar-refractivity contribution is -0.149. The summed E-state index contributed by atoms with van der Waals surface area (Å²) in [4.78, 5) is 25.3. The number of carboxylic acid groups (broad SMARTS) is 1. The topological polar surface area (TPSA) is 57.6 Å². The molecule has 1 aromatic carbocycles. The van der Waals surface area contributed by atoms with Crippen LogP contribution in [0, 0.1) is 0 Å². The van der Waals surface area contributed by atoms with Crippen LogP contribution < -0.4 is 0 Å². The molecule has 1 aliphatic heterocycles. The first-order valence-corrected chi connectivity index (χ1v) is 8.74. The molecule has 1 atom stereocenters. The molecule has 0 spiro atoms. The Balaban J connectivity index is 1.67. The molecule has 1 amide bonds. The van der Waals surface area contributed by atoms with Crippen LogP contribution in [0.4, 0.5) is 4.39 Å². The summed E-state index contributed by atoms with van der Waals surface area (Å²) in [5, 5.41) is 10.0. The van der Waals surface area contributed by atoms with Gasteiger partial charge in [-0.3, -0.25) is 4.79 Å². The van der Waals surface area contributed by atoms with Gasteiger partial charge in [-0.15, -0.1) is 22.7 Å². The number of hydrogen-bond donors (Lipinski definition) is 1. The van der Waals surface area contributed by atoms with Gasteiger partial charge in [0, 0.05) is 27.8 Å². The maximum atomic E-state index is 14.1. The van der Waals surface area contributed by atoms with Gasteiger partial charge in [0.25, 0.3) is 5.91 Å². The second-order valence-corrected chi connectivity index (χ2v) is 7.79. The van der Waals surface area contributed by atoms with Crippen molar-refractivity contribution in [1.82, 2.24) is 4.90 Å². The Labute approximate surface area is 138 Å². The third kappa shape index (κ3) is 2.22. The first-order valence-electron chi connectivity index (χ1n) is 7.11. The predicted molar refractivity (Wildman–Crippen MR) is 89.2 cm³/mol. The van der Waals surface area contributed by atoms with Crippen LogP contribution in [0.15, 0.2) is 30.3 Å². The van der Waals surface area contributed by atoms with Gasteiger partial charge in [0.2, 0.25) is 5.67 Å². The number of alkyl halides is 1. The van der Waals surface area contributed by atoms with Gasteiger partial charge >= 0.3 is 5.97 Å². The lowest BCUT2D eigenvalue weighted by Gasteiger charge is -2.16. The summed E-state index contributed by atoms with van der Waals surface area (Å²) < 4.78 is 17.4. The molecule has 3 aromatic rings. The van der Waals surface area contributed by atoms with Crippen LogP contribution in [0.3, 0.4) is 0 Å². The minimum absolute atomic E-state index is 0.133. The fourth-order valence-electron chi connectivity index (χ4n) is 2.88. The van der Waals surface area contributed by atoms with Gasteiger partial charge in [-0.2, -0.15) is 0 Å². The average Bonchev–Trinajstić information content (AvgIpc) is 3.19. The highest BCUT2D eigenvalue weighted by Crippen LogP contribution is 2.40. The molecular weight excluding hydrogens is 337 g/mol. The van der Waals surface area contributed by atoms with Crippen molar-refractivity contribution >= 4 is 54.0 Å². The Morgan fingerprint density at radius 1 is 1.22 bits per heavy atom. The van der Waals surface area contributed by atoms with Crippen LogP contribution in [-0.2, 0) is 4.79 Å². The van der Waals surface area contributed by atoms with Crippen LogP contribution >= 0.6 is 22.7 Å². The van der Waals surface area contributed by atoms with E-state index in [1.54, 1.807) is 11.3 Å². The number of nitrogens with zero attached hydrogens (tertiary/aromatic N) is 1. The molecule has 0 bridgehead atoms. The Bertz CT molecular complexity index is 947. The van der Waals surface area contributed by atoms with Crippen molar-refractivity contribution < 1.29 is 19.1 Å². The molecule has 1 N–H and O–H groups in total. The Morgan fingerprint density at radius 2 is 2.00 bits per heavy atom. The number of likely N-dealkylation sites (tertiary alicyclic amines) is 1. The van der Waals surface area contributed by atoms with E-state index in [9.17, 15) is 14.0 Å². The van der Waals surface area contributed by atoms with Crippen LogP contribution in [0.1, 0.15) is 16.1 Å². The van der Waals surface area contributed by atoms with Crippen molar-refractivity contribution in [1.29, 1.82) is 0 Å². The van der Waals surface area contributed by atoms with E-state index in [4.69, 9.17) is 5.11 Å². The van der Waals surface area contributed by atoms with E-state index in [1.807, 2.05) is 30.3 Å². The van der Waals surface area contributed by atoms with Gasteiger partial charge in [0.05, 0.1) is 16.1 Å². The minimum Gasteiger partial charge on any atom is -0.479 e. The molecule has 1 fully saturated rings. The molecule has 1 aliphatic rings. The molecule has 23 heavy (non-hydrogen) atoms. The number of thiophene rings is 2. The van der Waals surface area contributed by atoms with E-state index in [2.05, 4.69) is 0 Å². The average molecular weight is 349 g/mol. The summed E-state index contributed by atoms with van der Waals surface area (Å²) in [6.07, 6.45) is -0.156. The maximum Gasteiger partial charge on any atom is 0.343 e. The summed E-state index contributed by atoms with van der Waals surface area (Å²) in [6, 6.07) is 9.82. The summed E-state index contributed by atoms with van der Waals surface area (Å²) in [6.45, 7) is -0.249. The summed E-state index contributed by atoms with van der Waals surface area (Å²) in [5.41, 5.74) is -2.32. The Kier molecular flexibility index (Phi) is 3.18. The molecule has 4 rings (SSSR count). The minimum atomic E-state index is -2.32. The van der Waals surface area contributed by atoms with Crippen molar-refractivity contribution in [3.63, 3.8) is 0 Å². The van der Waals surface area contributed by atoms with E-state index in [0.29, 0.717) is 4.88 Å². The van der Waals surface area contributed by atoms with E-state index < -0.39 is 11.6 Å². The third-order valence-electron chi connectivity index (χ3n) is 4.15. The van der Waals surface area contributed by atoms with Gasteiger partial charge in [-0.1, -0.05) is 18.2 Å². The fraction of sp³-hybridized carbons (Fsp3) is 0.250. The number of halogens is 1. The van der Waals surface area contributed by atoms with E-state index >= 15 is 0 Å². The van der Waals surface area contributed by atoms with Crippen molar-refractivity contribution in [3.8, 4) is 0 Å². The highest BCUT2D eigenvalue weighted by atomic mass is 32.1. The normalized spacial score (nSPS) is 21.3. The number of benzene rings is 1. The molecule has 0 radical (unpaired) electrons. The van der Waals surface area contributed by atoms with Crippen LogP contribution in [0.2, 0.25) is 0 Å². The zero-order chi connectivity index (χ0) is 16.2. The molecule has 118 valence electrons. The largest absolute Gasteiger partial charge is 0.479 e. The van der Waals surface area contributed by atoms with Gasteiger partial charge < -0.3 is 10.0 Å². The van der Waals surface area contributed by atoms with Crippen molar-refractivity contribution in [2.24, 2.45) is 0 Å². The highest BCUT2D eigenvalue weighted by molar-refractivity contribution is 7.33. The molecule has 4 nitrogen and oxygen atoms in total. The quantitative estimate of drug-likeness (QED) is 0.766. The standard InChI is InChI=1S/C16H12FNO3S2/c17-16(15(20)21)5-6-18(8-16)14(19)12-7-11-13(23-12)9-3-1-2-4-10(9)22-11/h1-4,7H,5-6,8H2,(H,20,21). The monoisotopic (exact) mass is 349 g/mol. The predicted octanol–water partition coefficient (Wildman–Crippen LogP) is 3.75. The molecule has 0 aliphatic carbocycles. The molecule has 1 unspecified atom stereocenters. The number of amides is 1. The third-order valence-corrected chi connectivity index (χ3v) is 6.55. The van der Waals surface area contributed by atoms with Gasteiger partial charge in [-0.05, 0) is 12.1 Å². The van der Waals surface area contributed by atoms with Crippen LogP contribution in [0.5, 0.6) is 0 Å². The number of rotatable bonds is 2. The number of aliphatic carboxylic acids is 1. The smallest absolute Gasteiger partial charge is 0.343 e. The zero-order valence-corrected chi connectivity index (χ0v) is 13.5. The number of hydrogen-bond acceptors (Lipinski definition) is 4. The Morgan fingerprint density at radius 3 is 2.74 bits per heavy atom. The lowest BCUT2D eigenvalue weighted by atomic mass is 10.1. The second kappa shape index (κ2) is 5.01. The highest BCUT2D eigenvalue weighted by Gasteiger charge is 2.47. The van der Waals surface area contributed by atoms with Crippen molar-refractivity contribution in [3.05, 3.63) is 35.2 Å². The Hall–Kier alpha value is -1.99. The molecule has 2 aromatic heterocycles. The molecule has 0 saturated carbocycles. The first kappa shape index (κ1) is 14.6. The van der Waals surface area contributed by atoms with Gasteiger partial charge in [0.1, 0.15) is 0 Å². The summed E-state index contributed by atoms with van der Waals surface area (Å²) >= 11 is 3.00. The van der Waals surface area contributed by atoms with E-state index in [1.165, 1.54) is 20.9 Å². The molecule has 3 heterocycles. The van der Waals surface area contributed by atoms with Crippen molar-refractivity contribution in [2.75, 3.05) is 13.1 Å². The van der Waals surface area contributed by atoms with Crippen LogP contribution in [-0.4, -0.2) is 40.6 Å².